The lowest BCUT2D eigenvalue weighted by Gasteiger charge is -2.25. The van der Waals surface area contributed by atoms with Crippen LogP contribution in [0.4, 0.5) is 0 Å². The molecular weight excluding hydrogens is 422 g/mol. The van der Waals surface area contributed by atoms with Crippen LogP contribution in [0.3, 0.4) is 0 Å². The molecule has 0 radical (unpaired) electrons. The Hall–Kier alpha value is -2.84. The van der Waals surface area contributed by atoms with E-state index in [0.717, 1.165) is 40.0 Å². The molecule has 170 valence electrons. The van der Waals surface area contributed by atoms with Gasteiger partial charge in [-0.25, -0.2) is 0 Å². The second-order valence-electron chi connectivity index (χ2n) is 7.71. The zero-order valence-electron chi connectivity index (χ0n) is 19.3. The molecule has 0 saturated carbocycles. The monoisotopic (exact) mass is 453 g/mol. The first-order chi connectivity index (χ1) is 15.4. The van der Waals surface area contributed by atoms with Crippen molar-refractivity contribution < 1.29 is 9.53 Å². The highest BCUT2D eigenvalue weighted by Gasteiger charge is 2.18. The molecule has 1 unspecified atom stereocenters. The summed E-state index contributed by atoms with van der Waals surface area (Å²) < 4.78 is 7.39. The molecule has 3 aromatic rings. The number of carbonyl (C=O) groups is 1. The van der Waals surface area contributed by atoms with Crippen molar-refractivity contribution in [2.75, 3.05) is 33.5 Å². The zero-order valence-corrected chi connectivity index (χ0v) is 20.1. The van der Waals surface area contributed by atoms with Gasteiger partial charge in [0, 0.05) is 18.7 Å². The maximum atomic E-state index is 12.6. The molecule has 2 aromatic carbocycles. The van der Waals surface area contributed by atoms with Gasteiger partial charge in [0.25, 0.3) is 0 Å². The van der Waals surface area contributed by atoms with Crippen LogP contribution in [-0.2, 0) is 11.3 Å². The number of aromatic nitrogens is 3. The molecule has 0 saturated heterocycles. The van der Waals surface area contributed by atoms with Crippen LogP contribution < -0.4 is 10.1 Å². The van der Waals surface area contributed by atoms with Crippen LogP contribution in [0.1, 0.15) is 24.1 Å². The third-order valence-corrected chi connectivity index (χ3v) is 6.31. The highest BCUT2D eigenvalue weighted by Crippen LogP contribution is 2.26. The normalized spacial score (nSPS) is 12.1. The number of nitrogens with one attached hydrogen (secondary N) is 1. The van der Waals surface area contributed by atoms with E-state index in [0.29, 0.717) is 6.54 Å². The smallest absolute Gasteiger partial charge is 0.230 e. The summed E-state index contributed by atoms with van der Waals surface area (Å²) in [5.41, 5.74) is 3.30. The lowest BCUT2D eigenvalue weighted by Crippen LogP contribution is -2.35. The Kier molecular flexibility index (Phi) is 8.30. The molecule has 0 bridgehead atoms. The summed E-state index contributed by atoms with van der Waals surface area (Å²) in [4.78, 5) is 14.7. The first-order valence-electron chi connectivity index (χ1n) is 10.6. The van der Waals surface area contributed by atoms with Crippen molar-refractivity contribution in [2.24, 2.45) is 0 Å². The first-order valence-corrected chi connectivity index (χ1v) is 11.6. The first kappa shape index (κ1) is 23.8. The van der Waals surface area contributed by atoms with Gasteiger partial charge in [0.15, 0.2) is 11.0 Å². The van der Waals surface area contributed by atoms with Crippen LogP contribution in [0.2, 0.25) is 0 Å². The Morgan fingerprint density at radius 1 is 1.19 bits per heavy atom. The summed E-state index contributed by atoms with van der Waals surface area (Å²) in [6.07, 6.45) is 0. The predicted octanol–water partition coefficient (Wildman–Crippen LogP) is 3.79. The number of methoxy groups -OCH3 is 1. The predicted molar refractivity (Wildman–Crippen MR) is 129 cm³/mol. The minimum absolute atomic E-state index is 0.0344. The molecule has 0 aliphatic heterocycles. The molecule has 8 heteroatoms. The third kappa shape index (κ3) is 5.69. The third-order valence-electron chi connectivity index (χ3n) is 5.35. The number of nitrogens with zero attached hydrogens (tertiary/aromatic N) is 4. The Morgan fingerprint density at radius 3 is 2.66 bits per heavy atom. The molecule has 1 N–H and O–H groups in total. The Balaban J connectivity index is 1.63. The number of benzene rings is 2. The van der Waals surface area contributed by atoms with E-state index in [1.165, 1.54) is 11.8 Å². The van der Waals surface area contributed by atoms with Gasteiger partial charge in [-0.2, -0.15) is 0 Å². The number of thioether (sulfide) groups is 1. The van der Waals surface area contributed by atoms with E-state index in [4.69, 9.17) is 4.74 Å². The summed E-state index contributed by atoms with van der Waals surface area (Å²) in [7, 11) is 5.66. The van der Waals surface area contributed by atoms with E-state index in [9.17, 15) is 4.79 Å². The van der Waals surface area contributed by atoms with Crippen LogP contribution in [0.25, 0.3) is 11.4 Å². The van der Waals surface area contributed by atoms with Crippen molar-refractivity contribution in [3.8, 4) is 17.1 Å². The molecule has 1 heterocycles. The number of rotatable bonds is 10. The zero-order chi connectivity index (χ0) is 23.1. The van der Waals surface area contributed by atoms with Crippen molar-refractivity contribution in [2.45, 2.75) is 31.6 Å². The highest BCUT2D eigenvalue weighted by molar-refractivity contribution is 7.99. The average Bonchev–Trinajstić information content (AvgIpc) is 3.20. The summed E-state index contributed by atoms with van der Waals surface area (Å²) >= 11 is 1.41. The van der Waals surface area contributed by atoms with Gasteiger partial charge in [-0.3, -0.25) is 4.79 Å². The average molecular weight is 454 g/mol. The van der Waals surface area contributed by atoms with Crippen molar-refractivity contribution in [1.29, 1.82) is 0 Å². The number of carbonyl (C=O) groups excluding carboxylic acids is 1. The van der Waals surface area contributed by atoms with Gasteiger partial charge in [-0.15, -0.1) is 10.2 Å². The number of ether oxygens (including phenoxy) is 1. The molecule has 1 atom stereocenters. The van der Waals surface area contributed by atoms with E-state index in [2.05, 4.69) is 44.9 Å². The summed E-state index contributed by atoms with van der Waals surface area (Å²) in [5.74, 6) is 1.89. The van der Waals surface area contributed by atoms with Gasteiger partial charge in [0.1, 0.15) is 5.75 Å². The summed E-state index contributed by atoms with van der Waals surface area (Å²) in [6.45, 7) is 5.37. The van der Waals surface area contributed by atoms with Gasteiger partial charge >= 0.3 is 0 Å². The van der Waals surface area contributed by atoms with Crippen LogP contribution in [-0.4, -0.2) is 59.1 Å². The highest BCUT2D eigenvalue weighted by atomic mass is 32.2. The maximum absolute atomic E-state index is 12.6. The topological polar surface area (TPSA) is 72.3 Å². The van der Waals surface area contributed by atoms with Crippen molar-refractivity contribution in [3.05, 3.63) is 59.7 Å². The van der Waals surface area contributed by atoms with Gasteiger partial charge in [0.05, 0.1) is 18.9 Å². The summed E-state index contributed by atoms with van der Waals surface area (Å²) in [5, 5.41) is 12.5. The molecule has 32 heavy (non-hydrogen) atoms. The fourth-order valence-electron chi connectivity index (χ4n) is 3.54. The van der Waals surface area contributed by atoms with E-state index in [1.807, 2.05) is 56.6 Å². The van der Waals surface area contributed by atoms with Gasteiger partial charge < -0.3 is 19.5 Å². The fraction of sp³-hybridized carbons (Fsp3) is 0.375. The largest absolute Gasteiger partial charge is 0.497 e. The van der Waals surface area contributed by atoms with Crippen LogP contribution in [0, 0.1) is 6.92 Å². The second-order valence-corrected chi connectivity index (χ2v) is 8.66. The SMILES string of the molecule is CCn1c(SCC(=O)NCC(c2cccc(OC)c2)N(C)C)nnc1-c1ccccc1C. The molecule has 7 nitrogen and oxygen atoms in total. The van der Waals surface area contributed by atoms with Crippen LogP contribution in [0.5, 0.6) is 5.75 Å². The Morgan fingerprint density at radius 2 is 1.97 bits per heavy atom. The summed E-state index contributed by atoms with van der Waals surface area (Å²) in [6, 6.07) is 16.1. The number of aryl methyl sites for hydroxylation is 1. The van der Waals surface area contributed by atoms with Gasteiger partial charge in [-0.1, -0.05) is 48.2 Å². The van der Waals surface area contributed by atoms with Crippen LogP contribution in [0.15, 0.2) is 53.7 Å². The Labute approximate surface area is 194 Å². The van der Waals surface area contributed by atoms with E-state index >= 15 is 0 Å². The second kappa shape index (κ2) is 11.2. The van der Waals surface area contributed by atoms with Crippen LogP contribution >= 0.6 is 11.8 Å². The molecule has 0 aliphatic carbocycles. The minimum atomic E-state index is -0.0344. The lowest BCUT2D eigenvalue weighted by atomic mass is 10.1. The van der Waals surface area contributed by atoms with Crippen molar-refractivity contribution in [1.82, 2.24) is 25.0 Å². The minimum Gasteiger partial charge on any atom is -0.497 e. The molecule has 3 rings (SSSR count). The molecule has 0 spiro atoms. The van der Waals surface area contributed by atoms with E-state index < -0.39 is 0 Å². The number of likely N-dealkylation sites (N-methyl/N-ethyl adjacent to an activating group) is 1. The number of amides is 1. The van der Waals surface area contributed by atoms with Gasteiger partial charge in [-0.05, 0) is 51.2 Å². The standard InChI is InChI=1S/C24H31N5O2S/c1-6-29-23(20-13-8-7-10-17(20)2)26-27-24(29)32-16-22(30)25-15-21(28(3)4)18-11-9-12-19(14-18)31-5/h7-14,21H,6,15-16H2,1-5H3,(H,25,30). The van der Waals surface area contributed by atoms with E-state index in [-0.39, 0.29) is 17.7 Å². The Bertz CT molecular complexity index is 1050. The van der Waals surface area contributed by atoms with Crippen molar-refractivity contribution in [3.63, 3.8) is 0 Å². The molecule has 1 amide bonds. The van der Waals surface area contributed by atoms with Gasteiger partial charge in [0.2, 0.25) is 5.91 Å². The molecule has 1 aromatic heterocycles. The quantitative estimate of drug-likeness (QED) is 0.471. The number of hydrogen-bond acceptors (Lipinski definition) is 6. The number of hydrogen-bond donors (Lipinski definition) is 1. The molecule has 0 fully saturated rings. The van der Waals surface area contributed by atoms with Crippen molar-refractivity contribution >= 4 is 17.7 Å². The maximum Gasteiger partial charge on any atom is 0.230 e. The fourth-order valence-corrected chi connectivity index (χ4v) is 4.37. The molecule has 0 aliphatic rings. The van der Waals surface area contributed by atoms with E-state index in [1.54, 1.807) is 7.11 Å². The lowest BCUT2D eigenvalue weighted by molar-refractivity contribution is -0.118. The molecular formula is C24H31N5O2S.